The maximum Gasteiger partial charge on any atom is 0.255 e. The van der Waals surface area contributed by atoms with Crippen LogP contribution in [0.25, 0.3) is 0 Å². The molecule has 0 aromatic heterocycles. The van der Waals surface area contributed by atoms with E-state index in [4.69, 9.17) is 9.47 Å². The molecule has 4 heteroatoms. The van der Waals surface area contributed by atoms with Gasteiger partial charge in [0.25, 0.3) is 5.91 Å². The van der Waals surface area contributed by atoms with Crippen molar-refractivity contribution in [2.75, 3.05) is 14.2 Å². The molecule has 1 amide bonds. The smallest absolute Gasteiger partial charge is 0.255 e. The van der Waals surface area contributed by atoms with E-state index in [0.29, 0.717) is 17.1 Å². The number of hydrogen-bond acceptors (Lipinski definition) is 3. The highest BCUT2D eigenvalue weighted by Gasteiger charge is 2.25. The third-order valence-electron chi connectivity index (χ3n) is 4.09. The molecule has 1 aliphatic rings. The number of ether oxygens (including phenoxy) is 2. The second-order valence-electron chi connectivity index (χ2n) is 5.30. The maximum absolute atomic E-state index is 12.6. The van der Waals surface area contributed by atoms with Crippen LogP contribution in [0.5, 0.6) is 11.5 Å². The van der Waals surface area contributed by atoms with Crippen molar-refractivity contribution in [1.29, 1.82) is 0 Å². The molecule has 1 N–H and O–H groups in total. The van der Waals surface area contributed by atoms with E-state index in [1.54, 1.807) is 32.4 Å². The third kappa shape index (κ3) is 2.52. The number of hydrogen-bond donors (Lipinski definition) is 1. The summed E-state index contributed by atoms with van der Waals surface area (Å²) in [5.41, 5.74) is 3.01. The monoisotopic (exact) mass is 297 g/mol. The van der Waals surface area contributed by atoms with Gasteiger partial charge in [0.05, 0.1) is 25.8 Å². The lowest BCUT2D eigenvalue weighted by molar-refractivity contribution is 0.0933. The maximum atomic E-state index is 12.6. The highest BCUT2D eigenvalue weighted by atomic mass is 16.5. The van der Waals surface area contributed by atoms with Crippen LogP contribution in [0.1, 0.15) is 33.9 Å². The van der Waals surface area contributed by atoms with Gasteiger partial charge in [0, 0.05) is 0 Å². The number of methoxy groups -OCH3 is 2. The van der Waals surface area contributed by atoms with Crippen LogP contribution in [0.2, 0.25) is 0 Å². The third-order valence-corrected chi connectivity index (χ3v) is 4.09. The first kappa shape index (κ1) is 14.4. The first-order valence-corrected chi connectivity index (χ1v) is 7.34. The van der Waals surface area contributed by atoms with E-state index < -0.39 is 0 Å². The van der Waals surface area contributed by atoms with Crippen LogP contribution in [0, 0.1) is 0 Å². The Morgan fingerprint density at radius 3 is 2.68 bits per heavy atom. The van der Waals surface area contributed by atoms with Crippen LogP contribution in [0.15, 0.2) is 42.5 Å². The Kier molecular flexibility index (Phi) is 4.00. The molecule has 0 saturated carbocycles. The summed E-state index contributed by atoms with van der Waals surface area (Å²) in [7, 11) is 3.10. The molecule has 1 atom stereocenters. The first-order chi connectivity index (χ1) is 10.7. The minimum Gasteiger partial charge on any atom is -0.493 e. The highest BCUT2D eigenvalue weighted by molar-refractivity contribution is 5.98. The van der Waals surface area contributed by atoms with Crippen LogP contribution in [0.4, 0.5) is 0 Å². The fraction of sp³-hybridized carbons (Fsp3) is 0.278. The zero-order valence-electron chi connectivity index (χ0n) is 12.8. The molecule has 2 aromatic rings. The Morgan fingerprint density at radius 2 is 1.91 bits per heavy atom. The van der Waals surface area contributed by atoms with Crippen LogP contribution in [-0.4, -0.2) is 20.1 Å². The number of amides is 1. The molecule has 114 valence electrons. The molecular formula is C18H19NO3. The van der Waals surface area contributed by atoms with Crippen molar-refractivity contribution in [2.45, 2.75) is 18.9 Å². The molecule has 0 heterocycles. The number of aryl methyl sites for hydroxylation is 1. The number of para-hydroxylation sites is 1. The molecule has 0 aliphatic heterocycles. The van der Waals surface area contributed by atoms with Gasteiger partial charge >= 0.3 is 0 Å². The van der Waals surface area contributed by atoms with Crippen LogP contribution in [0.3, 0.4) is 0 Å². The Hall–Kier alpha value is -2.49. The quantitative estimate of drug-likeness (QED) is 0.943. The van der Waals surface area contributed by atoms with Crippen molar-refractivity contribution in [3.8, 4) is 11.5 Å². The van der Waals surface area contributed by atoms with Gasteiger partial charge in [-0.05, 0) is 36.1 Å². The number of benzene rings is 2. The Morgan fingerprint density at radius 1 is 1.09 bits per heavy atom. The fourth-order valence-corrected chi connectivity index (χ4v) is 3.01. The standard InChI is InChI=1S/C18H19NO3/c1-21-16-9-5-8-14(17(16)22-2)18(20)19-15-11-10-12-6-3-4-7-13(12)15/h3-9,15H,10-11H2,1-2H3,(H,19,20)/t15-/m0/s1. The number of carbonyl (C=O) groups is 1. The summed E-state index contributed by atoms with van der Waals surface area (Å²) < 4.78 is 10.6. The Balaban J connectivity index is 1.84. The van der Waals surface area contributed by atoms with E-state index in [0.717, 1.165) is 12.8 Å². The summed E-state index contributed by atoms with van der Waals surface area (Å²) >= 11 is 0. The molecule has 0 fully saturated rings. The lowest BCUT2D eigenvalue weighted by atomic mass is 10.1. The van der Waals surface area contributed by atoms with Crippen molar-refractivity contribution in [3.63, 3.8) is 0 Å². The molecule has 3 rings (SSSR count). The molecule has 0 saturated heterocycles. The normalized spacial score (nSPS) is 16.0. The summed E-state index contributed by atoms with van der Waals surface area (Å²) in [5.74, 6) is 0.883. The predicted molar refractivity (Wildman–Crippen MR) is 84.5 cm³/mol. The molecule has 0 bridgehead atoms. The van der Waals surface area contributed by atoms with Crippen molar-refractivity contribution < 1.29 is 14.3 Å². The molecule has 0 spiro atoms. The van der Waals surface area contributed by atoms with E-state index >= 15 is 0 Å². The SMILES string of the molecule is COc1cccc(C(=O)N[C@H]2CCc3ccccc32)c1OC. The van der Waals surface area contributed by atoms with E-state index in [9.17, 15) is 4.79 Å². The van der Waals surface area contributed by atoms with E-state index in [1.807, 2.05) is 12.1 Å². The lowest BCUT2D eigenvalue weighted by Gasteiger charge is -2.16. The summed E-state index contributed by atoms with van der Waals surface area (Å²) in [6, 6.07) is 13.6. The Labute approximate surface area is 130 Å². The molecule has 4 nitrogen and oxygen atoms in total. The van der Waals surface area contributed by atoms with Crippen molar-refractivity contribution in [2.24, 2.45) is 0 Å². The van der Waals surface area contributed by atoms with Gasteiger partial charge in [-0.25, -0.2) is 0 Å². The van der Waals surface area contributed by atoms with Gasteiger partial charge < -0.3 is 14.8 Å². The average Bonchev–Trinajstić information content (AvgIpc) is 2.97. The Bertz CT molecular complexity index is 696. The second-order valence-corrected chi connectivity index (χ2v) is 5.30. The minimum atomic E-state index is -0.141. The zero-order chi connectivity index (χ0) is 15.5. The molecule has 2 aromatic carbocycles. The van der Waals surface area contributed by atoms with Gasteiger partial charge in [-0.2, -0.15) is 0 Å². The predicted octanol–water partition coefficient (Wildman–Crippen LogP) is 3.12. The number of nitrogens with one attached hydrogen (secondary N) is 1. The molecule has 22 heavy (non-hydrogen) atoms. The zero-order valence-corrected chi connectivity index (χ0v) is 12.8. The van der Waals surface area contributed by atoms with Gasteiger partial charge in [0.15, 0.2) is 11.5 Å². The number of fused-ring (bicyclic) bond motifs is 1. The van der Waals surface area contributed by atoms with Gasteiger partial charge in [-0.1, -0.05) is 30.3 Å². The summed E-state index contributed by atoms with van der Waals surface area (Å²) in [4.78, 5) is 12.6. The van der Waals surface area contributed by atoms with Gasteiger partial charge in [0.1, 0.15) is 0 Å². The van der Waals surface area contributed by atoms with E-state index in [1.165, 1.54) is 11.1 Å². The average molecular weight is 297 g/mol. The largest absolute Gasteiger partial charge is 0.493 e. The summed E-state index contributed by atoms with van der Waals surface area (Å²) in [6.45, 7) is 0. The van der Waals surface area contributed by atoms with Crippen molar-refractivity contribution >= 4 is 5.91 Å². The highest BCUT2D eigenvalue weighted by Crippen LogP contribution is 2.33. The molecular weight excluding hydrogens is 278 g/mol. The minimum absolute atomic E-state index is 0.0552. The second kappa shape index (κ2) is 6.10. The molecule has 0 radical (unpaired) electrons. The number of rotatable bonds is 4. The van der Waals surface area contributed by atoms with Gasteiger partial charge in [0.2, 0.25) is 0 Å². The van der Waals surface area contributed by atoms with E-state index in [2.05, 4.69) is 17.4 Å². The van der Waals surface area contributed by atoms with Crippen LogP contribution in [-0.2, 0) is 6.42 Å². The molecule has 0 unspecified atom stereocenters. The van der Waals surface area contributed by atoms with Crippen LogP contribution < -0.4 is 14.8 Å². The fourth-order valence-electron chi connectivity index (χ4n) is 3.01. The van der Waals surface area contributed by atoms with Crippen molar-refractivity contribution in [3.05, 3.63) is 59.2 Å². The number of carbonyl (C=O) groups excluding carboxylic acids is 1. The van der Waals surface area contributed by atoms with Crippen molar-refractivity contribution in [1.82, 2.24) is 5.32 Å². The van der Waals surface area contributed by atoms with Gasteiger partial charge in [-0.15, -0.1) is 0 Å². The van der Waals surface area contributed by atoms with Gasteiger partial charge in [-0.3, -0.25) is 4.79 Å². The topological polar surface area (TPSA) is 47.6 Å². The first-order valence-electron chi connectivity index (χ1n) is 7.34. The lowest BCUT2D eigenvalue weighted by Crippen LogP contribution is -2.27. The van der Waals surface area contributed by atoms with Crippen LogP contribution >= 0.6 is 0 Å². The summed E-state index contributed by atoms with van der Waals surface area (Å²) in [6.07, 6.45) is 1.92. The van der Waals surface area contributed by atoms with E-state index in [-0.39, 0.29) is 11.9 Å². The summed E-state index contributed by atoms with van der Waals surface area (Å²) in [5, 5.41) is 3.10. The molecule has 1 aliphatic carbocycles.